The van der Waals surface area contributed by atoms with Gasteiger partial charge in [0.25, 0.3) is 0 Å². The molecule has 0 aliphatic carbocycles. The number of hydrogen-bond donors (Lipinski definition) is 3. The molecule has 3 N–H and O–H groups in total. The molecule has 5 nitrogen and oxygen atoms in total. The number of fused-ring (bicyclic) bond motifs is 1. The second kappa shape index (κ2) is 7.15. The molecule has 2 heterocycles. The van der Waals surface area contributed by atoms with Crippen LogP contribution in [0.3, 0.4) is 0 Å². The Balaban J connectivity index is 1.59. The summed E-state index contributed by atoms with van der Waals surface area (Å²) in [6.07, 6.45) is 2.82. The molecule has 0 saturated heterocycles. The van der Waals surface area contributed by atoms with Gasteiger partial charge in [-0.3, -0.25) is 4.68 Å². The number of benzene rings is 1. The average Bonchev–Trinajstić information content (AvgIpc) is 3.06. The van der Waals surface area contributed by atoms with E-state index >= 15 is 0 Å². The highest BCUT2D eigenvalue weighted by Crippen LogP contribution is 2.19. The Labute approximate surface area is 140 Å². The molecule has 0 amide bonds. The van der Waals surface area contributed by atoms with Gasteiger partial charge in [-0.1, -0.05) is 0 Å². The molecular weight excluding hydrogens is 307 g/mol. The van der Waals surface area contributed by atoms with E-state index in [9.17, 15) is 4.39 Å². The van der Waals surface area contributed by atoms with E-state index in [4.69, 9.17) is 5.11 Å². The van der Waals surface area contributed by atoms with Crippen molar-refractivity contribution in [2.75, 3.05) is 13.2 Å². The van der Waals surface area contributed by atoms with E-state index in [1.165, 1.54) is 23.3 Å². The molecule has 24 heavy (non-hydrogen) atoms. The fourth-order valence-electron chi connectivity index (χ4n) is 3.10. The molecule has 0 bridgehead atoms. The van der Waals surface area contributed by atoms with Crippen molar-refractivity contribution in [1.29, 1.82) is 0 Å². The lowest BCUT2D eigenvalue weighted by atomic mass is 10.1. The number of aliphatic hydroxyl groups is 1. The lowest BCUT2D eigenvalue weighted by molar-refractivity contribution is 0.267. The number of rotatable bonds is 7. The van der Waals surface area contributed by atoms with Crippen molar-refractivity contribution in [2.45, 2.75) is 33.4 Å². The van der Waals surface area contributed by atoms with E-state index in [1.807, 2.05) is 30.8 Å². The van der Waals surface area contributed by atoms with Gasteiger partial charge in [0.2, 0.25) is 0 Å². The molecule has 128 valence electrons. The Hall–Kier alpha value is -2.18. The van der Waals surface area contributed by atoms with Crippen LogP contribution in [0, 0.1) is 19.7 Å². The third-order valence-electron chi connectivity index (χ3n) is 4.45. The summed E-state index contributed by atoms with van der Waals surface area (Å²) in [7, 11) is 0. The number of nitrogens with zero attached hydrogens (tertiary/aromatic N) is 2. The molecule has 3 aromatic rings. The van der Waals surface area contributed by atoms with Gasteiger partial charge < -0.3 is 15.4 Å². The van der Waals surface area contributed by atoms with Gasteiger partial charge in [-0.25, -0.2) is 4.39 Å². The maximum absolute atomic E-state index is 13.2. The van der Waals surface area contributed by atoms with Crippen LogP contribution < -0.4 is 5.32 Å². The number of aryl methyl sites for hydroxylation is 1. The van der Waals surface area contributed by atoms with E-state index < -0.39 is 0 Å². The van der Waals surface area contributed by atoms with Crippen LogP contribution in [0.5, 0.6) is 0 Å². The first-order valence-electron chi connectivity index (χ1n) is 8.20. The van der Waals surface area contributed by atoms with E-state index in [0.29, 0.717) is 6.54 Å². The molecule has 0 spiro atoms. The van der Waals surface area contributed by atoms with Crippen LogP contribution in [0.25, 0.3) is 10.9 Å². The average molecular weight is 330 g/mol. The fourth-order valence-corrected chi connectivity index (χ4v) is 3.10. The lowest BCUT2D eigenvalue weighted by Crippen LogP contribution is -2.17. The summed E-state index contributed by atoms with van der Waals surface area (Å²) >= 11 is 0. The normalized spacial score (nSPS) is 11.5. The highest BCUT2D eigenvalue weighted by atomic mass is 19.1. The Morgan fingerprint density at radius 2 is 2.17 bits per heavy atom. The standard InChI is InChI=1S/C18H23FN4O/c1-12-17(13(2)23(22-12)7-8-24)11-20-6-5-14-10-21-18-9-15(19)3-4-16(14)18/h3-4,9-10,20-21,24H,5-8,11H2,1-2H3. The number of hydrogen-bond acceptors (Lipinski definition) is 3. The third-order valence-corrected chi connectivity index (χ3v) is 4.45. The maximum atomic E-state index is 13.2. The van der Waals surface area contributed by atoms with Crippen molar-refractivity contribution in [3.8, 4) is 0 Å². The van der Waals surface area contributed by atoms with E-state index in [1.54, 1.807) is 0 Å². The van der Waals surface area contributed by atoms with Gasteiger partial charge in [-0.2, -0.15) is 5.10 Å². The molecule has 0 radical (unpaired) electrons. The zero-order chi connectivity index (χ0) is 17.1. The van der Waals surface area contributed by atoms with Crippen molar-refractivity contribution in [3.05, 3.63) is 52.7 Å². The molecule has 0 aliphatic heterocycles. The first-order valence-corrected chi connectivity index (χ1v) is 8.20. The molecule has 0 unspecified atom stereocenters. The second-order valence-electron chi connectivity index (χ2n) is 6.03. The first kappa shape index (κ1) is 16.7. The predicted octanol–water partition coefficient (Wildman–Crippen LogP) is 2.44. The van der Waals surface area contributed by atoms with Crippen molar-refractivity contribution in [2.24, 2.45) is 0 Å². The zero-order valence-corrected chi connectivity index (χ0v) is 14.1. The van der Waals surface area contributed by atoms with Crippen molar-refractivity contribution in [1.82, 2.24) is 20.1 Å². The Morgan fingerprint density at radius 1 is 1.33 bits per heavy atom. The summed E-state index contributed by atoms with van der Waals surface area (Å²) in [5.74, 6) is -0.222. The number of halogens is 1. The molecule has 0 fully saturated rings. The highest BCUT2D eigenvalue weighted by molar-refractivity contribution is 5.83. The lowest BCUT2D eigenvalue weighted by Gasteiger charge is -2.06. The number of nitrogens with one attached hydrogen (secondary N) is 2. The second-order valence-corrected chi connectivity index (χ2v) is 6.03. The van der Waals surface area contributed by atoms with E-state index in [0.717, 1.165) is 41.8 Å². The van der Waals surface area contributed by atoms with Gasteiger partial charge >= 0.3 is 0 Å². The summed E-state index contributed by atoms with van der Waals surface area (Å²) in [6, 6.07) is 4.84. The summed E-state index contributed by atoms with van der Waals surface area (Å²) in [5, 5.41) is 18.0. The third kappa shape index (κ3) is 3.34. The van der Waals surface area contributed by atoms with Crippen molar-refractivity contribution < 1.29 is 9.50 Å². The maximum Gasteiger partial charge on any atom is 0.125 e. The minimum Gasteiger partial charge on any atom is -0.394 e. The smallest absolute Gasteiger partial charge is 0.125 e. The predicted molar refractivity (Wildman–Crippen MR) is 92.5 cm³/mol. The van der Waals surface area contributed by atoms with Crippen LogP contribution in [-0.4, -0.2) is 33.0 Å². The molecule has 0 aliphatic rings. The molecule has 3 rings (SSSR count). The Morgan fingerprint density at radius 3 is 2.96 bits per heavy atom. The number of aromatic amines is 1. The van der Waals surface area contributed by atoms with Gasteiger partial charge in [-0.15, -0.1) is 0 Å². The zero-order valence-electron chi connectivity index (χ0n) is 14.1. The minimum absolute atomic E-state index is 0.0932. The Kier molecular flexibility index (Phi) is 4.97. The van der Waals surface area contributed by atoms with Gasteiger partial charge in [0.1, 0.15) is 5.82 Å². The number of aromatic nitrogens is 3. The van der Waals surface area contributed by atoms with Gasteiger partial charge in [0, 0.05) is 34.9 Å². The molecular formula is C18H23FN4O. The van der Waals surface area contributed by atoms with Gasteiger partial charge in [0.15, 0.2) is 0 Å². The van der Waals surface area contributed by atoms with Crippen LogP contribution in [0.15, 0.2) is 24.4 Å². The first-order chi connectivity index (χ1) is 11.6. The summed E-state index contributed by atoms with van der Waals surface area (Å²) in [6.45, 7) is 6.22. The number of H-pyrrole nitrogens is 1. The van der Waals surface area contributed by atoms with Gasteiger partial charge in [-0.05, 0) is 50.6 Å². The number of aliphatic hydroxyl groups excluding tert-OH is 1. The SMILES string of the molecule is Cc1nn(CCO)c(C)c1CNCCc1c[nH]c2cc(F)ccc12. The monoisotopic (exact) mass is 330 g/mol. The summed E-state index contributed by atoms with van der Waals surface area (Å²) in [4.78, 5) is 3.12. The van der Waals surface area contributed by atoms with Crippen LogP contribution >= 0.6 is 0 Å². The van der Waals surface area contributed by atoms with Crippen LogP contribution in [0.4, 0.5) is 4.39 Å². The van der Waals surface area contributed by atoms with Crippen molar-refractivity contribution >= 4 is 10.9 Å². The molecule has 2 aromatic heterocycles. The highest BCUT2D eigenvalue weighted by Gasteiger charge is 2.11. The Bertz CT molecular complexity index is 837. The van der Waals surface area contributed by atoms with E-state index in [2.05, 4.69) is 15.4 Å². The minimum atomic E-state index is -0.222. The molecule has 0 atom stereocenters. The fraction of sp³-hybridized carbons (Fsp3) is 0.389. The largest absolute Gasteiger partial charge is 0.394 e. The summed E-state index contributed by atoms with van der Waals surface area (Å²) in [5.41, 5.74) is 5.29. The van der Waals surface area contributed by atoms with Crippen LogP contribution in [-0.2, 0) is 19.5 Å². The van der Waals surface area contributed by atoms with Crippen LogP contribution in [0.2, 0.25) is 0 Å². The van der Waals surface area contributed by atoms with Crippen molar-refractivity contribution in [3.63, 3.8) is 0 Å². The quantitative estimate of drug-likeness (QED) is 0.583. The molecule has 1 aromatic carbocycles. The topological polar surface area (TPSA) is 65.9 Å². The van der Waals surface area contributed by atoms with Gasteiger partial charge in [0.05, 0.1) is 18.8 Å². The molecule has 6 heteroatoms. The molecule has 0 saturated carbocycles. The summed E-state index contributed by atoms with van der Waals surface area (Å²) < 4.78 is 15.1. The van der Waals surface area contributed by atoms with Crippen LogP contribution in [0.1, 0.15) is 22.5 Å². The van der Waals surface area contributed by atoms with E-state index in [-0.39, 0.29) is 12.4 Å².